The molecule has 0 aromatic heterocycles. The molecule has 0 aliphatic carbocycles. The average molecular weight is 284 g/mol. The van der Waals surface area contributed by atoms with Gasteiger partial charge >= 0.3 is 6.03 Å². The lowest BCUT2D eigenvalue weighted by Gasteiger charge is -2.22. The molecule has 108 valence electrons. The van der Waals surface area contributed by atoms with Gasteiger partial charge in [-0.2, -0.15) is 0 Å². The lowest BCUT2D eigenvalue weighted by atomic mass is 9.91. The summed E-state index contributed by atoms with van der Waals surface area (Å²) in [6, 6.07) is 2.17. The molecule has 5 nitrogen and oxygen atoms in total. The molecule has 1 saturated heterocycles. The first-order valence-corrected chi connectivity index (χ1v) is 6.10. The topological polar surface area (TPSA) is 69.6 Å². The van der Waals surface area contributed by atoms with Gasteiger partial charge in [-0.05, 0) is 19.4 Å². The summed E-state index contributed by atoms with van der Waals surface area (Å²) in [5, 5.41) is 11.2. The summed E-state index contributed by atoms with van der Waals surface area (Å²) < 4.78 is 26.8. The molecule has 1 aromatic carbocycles. The van der Waals surface area contributed by atoms with E-state index in [1.54, 1.807) is 0 Å². The van der Waals surface area contributed by atoms with Gasteiger partial charge in [0.05, 0.1) is 0 Å². The number of aliphatic hydroxyl groups excluding tert-OH is 1. The maximum Gasteiger partial charge on any atom is 0.325 e. The predicted molar refractivity (Wildman–Crippen MR) is 65.7 cm³/mol. The van der Waals surface area contributed by atoms with Crippen molar-refractivity contribution in [1.82, 2.24) is 10.2 Å². The monoisotopic (exact) mass is 284 g/mol. The fourth-order valence-corrected chi connectivity index (χ4v) is 2.21. The van der Waals surface area contributed by atoms with E-state index in [2.05, 4.69) is 5.32 Å². The standard InChI is InChI=1S/C13H14F2N2O3/c1-13(9-4-3-8(14)7-10(9)15)11(19)17(5-2-6-18)12(20)16-13/h3-4,7,18H,2,5-6H2,1H3,(H,16,20). The van der Waals surface area contributed by atoms with E-state index >= 15 is 0 Å². The number of urea groups is 1. The van der Waals surface area contributed by atoms with E-state index in [9.17, 15) is 18.4 Å². The SMILES string of the molecule is CC1(c2ccc(F)cc2F)NC(=O)N(CCCO)C1=O. The number of carbonyl (C=O) groups is 2. The molecule has 0 bridgehead atoms. The minimum absolute atomic E-state index is 0.0412. The molecule has 1 aliphatic rings. The number of hydrogen-bond donors (Lipinski definition) is 2. The Morgan fingerprint density at radius 3 is 2.65 bits per heavy atom. The quantitative estimate of drug-likeness (QED) is 0.814. The van der Waals surface area contributed by atoms with Crippen molar-refractivity contribution in [3.63, 3.8) is 0 Å². The Balaban J connectivity index is 2.35. The van der Waals surface area contributed by atoms with Gasteiger partial charge in [0.2, 0.25) is 0 Å². The number of amides is 3. The van der Waals surface area contributed by atoms with Crippen LogP contribution < -0.4 is 5.32 Å². The molecule has 1 heterocycles. The molecule has 1 unspecified atom stereocenters. The summed E-state index contributed by atoms with van der Waals surface area (Å²) in [6.07, 6.45) is 0.237. The normalized spacial score (nSPS) is 22.3. The van der Waals surface area contributed by atoms with E-state index in [1.807, 2.05) is 0 Å². The summed E-state index contributed by atoms with van der Waals surface area (Å²) >= 11 is 0. The van der Waals surface area contributed by atoms with E-state index in [1.165, 1.54) is 6.92 Å². The Morgan fingerprint density at radius 1 is 1.35 bits per heavy atom. The lowest BCUT2D eigenvalue weighted by Crippen LogP contribution is -2.41. The first-order chi connectivity index (χ1) is 9.40. The van der Waals surface area contributed by atoms with Crippen LogP contribution in [-0.2, 0) is 10.3 Å². The molecular formula is C13H14F2N2O3. The van der Waals surface area contributed by atoms with Gasteiger partial charge in [-0.3, -0.25) is 9.69 Å². The fourth-order valence-electron chi connectivity index (χ4n) is 2.21. The number of halogens is 2. The highest BCUT2D eigenvalue weighted by atomic mass is 19.1. The molecular weight excluding hydrogens is 270 g/mol. The van der Waals surface area contributed by atoms with Crippen LogP contribution in [0.2, 0.25) is 0 Å². The van der Waals surface area contributed by atoms with Crippen molar-refractivity contribution in [2.45, 2.75) is 18.9 Å². The highest BCUT2D eigenvalue weighted by molar-refractivity contribution is 6.07. The molecule has 1 aliphatic heterocycles. The largest absolute Gasteiger partial charge is 0.396 e. The van der Waals surface area contributed by atoms with Crippen LogP contribution in [0.1, 0.15) is 18.9 Å². The Kier molecular flexibility index (Phi) is 3.71. The van der Waals surface area contributed by atoms with Gasteiger partial charge in [0.15, 0.2) is 0 Å². The molecule has 0 spiro atoms. The number of benzene rings is 1. The van der Waals surface area contributed by atoms with Crippen molar-refractivity contribution in [1.29, 1.82) is 0 Å². The predicted octanol–water partition coefficient (Wildman–Crippen LogP) is 1.11. The van der Waals surface area contributed by atoms with Crippen LogP contribution in [0.3, 0.4) is 0 Å². The van der Waals surface area contributed by atoms with E-state index in [0.717, 1.165) is 17.0 Å². The average Bonchev–Trinajstić information content (AvgIpc) is 2.59. The summed E-state index contributed by atoms with van der Waals surface area (Å²) in [6.45, 7) is 1.24. The Hall–Kier alpha value is -2.02. The van der Waals surface area contributed by atoms with E-state index in [4.69, 9.17) is 5.11 Å². The number of carbonyl (C=O) groups excluding carboxylic acids is 2. The zero-order chi connectivity index (χ0) is 14.9. The molecule has 2 N–H and O–H groups in total. The molecule has 0 radical (unpaired) electrons. The molecule has 2 rings (SSSR count). The molecule has 0 saturated carbocycles. The van der Waals surface area contributed by atoms with Crippen molar-refractivity contribution in [2.24, 2.45) is 0 Å². The molecule has 3 amide bonds. The third kappa shape index (κ3) is 2.24. The van der Waals surface area contributed by atoms with Gasteiger partial charge in [0.25, 0.3) is 5.91 Å². The summed E-state index contributed by atoms with van der Waals surface area (Å²) in [5.74, 6) is -2.28. The van der Waals surface area contributed by atoms with E-state index in [-0.39, 0.29) is 25.1 Å². The van der Waals surface area contributed by atoms with Crippen LogP contribution >= 0.6 is 0 Å². The van der Waals surface area contributed by atoms with E-state index < -0.39 is 29.1 Å². The molecule has 1 fully saturated rings. The Morgan fingerprint density at radius 2 is 2.05 bits per heavy atom. The first-order valence-electron chi connectivity index (χ1n) is 6.10. The van der Waals surface area contributed by atoms with Crippen molar-refractivity contribution in [3.05, 3.63) is 35.4 Å². The van der Waals surface area contributed by atoms with Gasteiger partial charge in [0.1, 0.15) is 17.2 Å². The van der Waals surface area contributed by atoms with Crippen LogP contribution in [0.25, 0.3) is 0 Å². The maximum absolute atomic E-state index is 13.8. The number of aliphatic hydroxyl groups is 1. The smallest absolute Gasteiger partial charge is 0.325 e. The number of nitrogens with one attached hydrogen (secondary N) is 1. The molecule has 7 heteroatoms. The number of nitrogens with zero attached hydrogens (tertiary/aromatic N) is 1. The number of imide groups is 1. The fraction of sp³-hybridized carbons (Fsp3) is 0.385. The highest BCUT2D eigenvalue weighted by Gasteiger charge is 2.49. The van der Waals surface area contributed by atoms with Crippen LogP contribution in [0.15, 0.2) is 18.2 Å². The van der Waals surface area contributed by atoms with Gasteiger partial charge in [-0.15, -0.1) is 0 Å². The summed E-state index contributed by atoms with van der Waals surface area (Å²) in [7, 11) is 0. The van der Waals surface area contributed by atoms with Crippen molar-refractivity contribution < 1.29 is 23.5 Å². The molecule has 1 atom stereocenters. The summed E-state index contributed by atoms with van der Waals surface area (Å²) in [5.41, 5.74) is -1.66. The van der Waals surface area contributed by atoms with Crippen LogP contribution in [0, 0.1) is 11.6 Å². The third-order valence-electron chi connectivity index (χ3n) is 3.28. The molecule has 20 heavy (non-hydrogen) atoms. The minimum Gasteiger partial charge on any atom is -0.396 e. The van der Waals surface area contributed by atoms with Gasteiger partial charge < -0.3 is 10.4 Å². The van der Waals surface area contributed by atoms with Crippen molar-refractivity contribution in [2.75, 3.05) is 13.2 Å². The highest BCUT2D eigenvalue weighted by Crippen LogP contribution is 2.30. The Labute approximate surface area is 114 Å². The van der Waals surface area contributed by atoms with Gasteiger partial charge in [-0.1, -0.05) is 6.07 Å². The summed E-state index contributed by atoms with van der Waals surface area (Å²) in [4.78, 5) is 25.0. The zero-order valence-corrected chi connectivity index (χ0v) is 10.8. The minimum atomic E-state index is -1.57. The first kappa shape index (κ1) is 14.4. The van der Waals surface area contributed by atoms with Gasteiger partial charge in [-0.25, -0.2) is 13.6 Å². The van der Waals surface area contributed by atoms with Crippen molar-refractivity contribution >= 4 is 11.9 Å². The van der Waals surface area contributed by atoms with E-state index in [0.29, 0.717) is 6.07 Å². The van der Waals surface area contributed by atoms with Crippen LogP contribution in [-0.4, -0.2) is 35.1 Å². The second-order valence-electron chi connectivity index (χ2n) is 4.71. The second-order valence-corrected chi connectivity index (χ2v) is 4.71. The zero-order valence-electron chi connectivity index (χ0n) is 10.8. The van der Waals surface area contributed by atoms with Crippen LogP contribution in [0.5, 0.6) is 0 Å². The Bertz CT molecular complexity index is 565. The van der Waals surface area contributed by atoms with Gasteiger partial charge in [0, 0.05) is 24.8 Å². The third-order valence-corrected chi connectivity index (χ3v) is 3.28. The van der Waals surface area contributed by atoms with Crippen molar-refractivity contribution in [3.8, 4) is 0 Å². The molecule has 1 aromatic rings. The maximum atomic E-state index is 13.8. The van der Waals surface area contributed by atoms with Crippen LogP contribution in [0.4, 0.5) is 13.6 Å². The number of hydrogen-bond acceptors (Lipinski definition) is 3. The number of rotatable bonds is 4. The lowest BCUT2D eigenvalue weighted by molar-refractivity contribution is -0.131. The second kappa shape index (κ2) is 5.16.